The van der Waals surface area contributed by atoms with Gasteiger partial charge in [0.15, 0.2) is 5.82 Å². The van der Waals surface area contributed by atoms with E-state index >= 15 is 0 Å². The zero-order valence-electron chi connectivity index (χ0n) is 14.6. The second kappa shape index (κ2) is 7.03. The Morgan fingerprint density at radius 1 is 1.31 bits per heavy atom. The minimum absolute atomic E-state index is 0.0549. The Balaban J connectivity index is 1.51. The summed E-state index contributed by atoms with van der Waals surface area (Å²) in [5.41, 5.74) is 3.65. The van der Waals surface area contributed by atoms with Gasteiger partial charge in [-0.2, -0.15) is 5.10 Å². The van der Waals surface area contributed by atoms with Crippen molar-refractivity contribution in [1.82, 2.24) is 30.0 Å². The van der Waals surface area contributed by atoms with Gasteiger partial charge in [-0.1, -0.05) is 6.07 Å². The molecule has 0 aromatic carbocycles. The summed E-state index contributed by atoms with van der Waals surface area (Å²) in [5, 5.41) is 7.35. The SMILES string of the molecule is Cc1ccn(CC(=O)NC2CCCc3nc(-c4ccccn4)ncc32)n1. The highest BCUT2D eigenvalue weighted by molar-refractivity contribution is 5.76. The van der Waals surface area contributed by atoms with E-state index in [1.165, 1.54) is 0 Å². The number of aryl methyl sites for hydroxylation is 2. The van der Waals surface area contributed by atoms with Crippen LogP contribution in [0.3, 0.4) is 0 Å². The van der Waals surface area contributed by atoms with E-state index in [0.29, 0.717) is 5.82 Å². The van der Waals surface area contributed by atoms with Crippen LogP contribution in [-0.2, 0) is 17.8 Å². The highest BCUT2D eigenvalue weighted by Gasteiger charge is 2.24. The Kier molecular flexibility index (Phi) is 4.43. The van der Waals surface area contributed by atoms with Crippen molar-refractivity contribution in [2.45, 2.75) is 38.8 Å². The minimum Gasteiger partial charge on any atom is -0.348 e. The molecule has 132 valence electrons. The average Bonchev–Trinajstić information content (AvgIpc) is 3.07. The van der Waals surface area contributed by atoms with Gasteiger partial charge < -0.3 is 5.32 Å². The number of hydrogen-bond donors (Lipinski definition) is 1. The number of hydrogen-bond acceptors (Lipinski definition) is 5. The smallest absolute Gasteiger partial charge is 0.242 e. The number of rotatable bonds is 4. The van der Waals surface area contributed by atoms with Gasteiger partial charge in [0.25, 0.3) is 0 Å². The van der Waals surface area contributed by atoms with Crippen molar-refractivity contribution < 1.29 is 4.79 Å². The van der Waals surface area contributed by atoms with Crippen LogP contribution in [0.2, 0.25) is 0 Å². The van der Waals surface area contributed by atoms with Crippen LogP contribution in [-0.4, -0.2) is 30.6 Å². The van der Waals surface area contributed by atoms with Crippen LogP contribution in [0.25, 0.3) is 11.5 Å². The molecule has 0 bridgehead atoms. The summed E-state index contributed by atoms with van der Waals surface area (Å²) in [6.07, 6.45) is 8.14. The van der Waals surface area contributed by atoms with Crippen molar-refractivity contribution in [2.75, 3.05) is 0 Å². The molecule has 1 amide bonds. The molecule has 1 atom stereocenters. The molecule has 4 rings (SSSR count). The maximum atomic E-state index is 12.4. The molecule has 3 aromatic rings. The number of nitrogens with one attached hydrogen (secondary N) is 1. The monoisotopic (exact) mass is 348 g/mol. The molecular weight excluding hydrogens is 328 g/mol. The van der Waals surface area contributed by atoms with Gasteiger partial charge in [0.1, 0.15) is 12.2 Å². The molecule has 0 aliphatic heterocycles. The van der Waals surface area contributed by atoms with Crippen LogP contribution in [0, 0.1) is 6.92 Å². The van der Waals surface area contributed by atoms with Crippen molar-refractivity contribution in [2.24, 2.45) is 0 Å². The second-order valence-corrected chi connectivity index (χ2v) is 6.48. The molecule has 1 N–H and O–H groups in total. The lowest BCUT2D eigenvalue weighted by molar-refractivity contribution is -0.122. The molecule has 0 spiro atoms. The lowest BCUT2D eigenvalue weighted by Crippen LogP contribution is -2.34. The van der Waals surface area contributed by atoms with Crippen LogP contribution in [0.5, 0.6) is 0 Å². The third-order valence-electron chi connectivity index (χ3n) is 4.49. The van der Waals surface area contributed by atoms with Crippen LogP contribution in [0.4, 0.5) is 0 Å². The standard InChI is InChI=1S/C19H20N6O/c1-13-8-10-25(24-13)12-18(26)22-15-6-4-7-16-14(15)11-21-19(23-16)17-5-2-3-9-20-17/h2-3,5,8-11,15H,4,6-7,12H2,1H3,(H,22,26). The van der Waals surface area contributed by atoms with Crippen LogP contribution in [0.15, 0.2) is 42.9 Å². The van der Waals surface area contributed by atoms with E-state index in [4.69, 9.17) is 0 Å². The molecule has 1 unspecified atom stereocenters. The van der Waals surface area contributed by atoms with E-state index in [0.717, 1.165) is 41.9 Å². The maximum absolute atomic E-state index is 12.4. The third kappa shape index (κ3) is 3.46. The molecule has 7 heteroatoms. The Morgan fingerprint density at radius 3 is 3.00 bits per heavy atom. The zero-order valence-corrected chi connectivity index (χ0v) is 14.6. The van der Waals surface area contributed by atoms with E-state index in [1.54, 1.807) is 10.9 Å². The molecule has 0 saturated heterocycles. The number of carbonyl (C=O) groups excluding carboxylic acids is 1. The zero-order chi connectivity index (χ0) is 17.9. The molecular formula is C19H20N6O. The molecule has 0 saturated carbocycles. The highest BCUT2D eigenvalue weighted by Crippen LogP contribution is 2.29. The van der Waals surface area contributed by atoms with Crippen molar-refractivity contribution >= 4 is 5.91 Å². The fourth-order valence-electron chi connectivity index (χ4n) is 3.25. The summed E-state index contributed by atoms with van der Waals surface area (Å²) < 4.78 is 1.65. The molecule has 3 aromatic heterocycles. The lowest BCUT2D eigenvalue weighted by atomic mass is 9.92. The summed E-state index contributed by atoms with van der Waals surface area (Å²) in [6, 6.07) is 7.52. The van der Waals surface area contributed by atoms with E-state index in [-0.39, 0.29) is 18.5 Å². The molecule has 1 aliphatic rings. The fourth-order valence-corrected chi connectivity index (χ4v) is 3.25. The largest absolute Gasteiger partial charge is 0.348 e. The van der Waals surface area contributed by atoms with Gasteiger partial charge in [0.05, 0.1) is 11.7 Å². The number of fused-ring (bicyclic) bond motifs is 1. The first-order valence-electron chi connectivity index (χ1n) is 8.76. The van der Waals surface area contributed by atoms with Gasteiger partial charge in [0, 0.05) is 29.8 Å². The maximum Gasteiger partial charge on any atom is 0.242 e. The quantitative estimate of drug-likeness (QED) is 0.781. The molecule has 3 heterocycles. The number of nitrogens with zero attached hydrogens (tertiary/aromatic N) is 5. The van der Waals surface area contributed by atoms with Crippen molar-refractivity contribution in [3.8, 4) is 11.5 Å². The third-order valence-corrected chi connectivity index (χ3v) is 4.49. The van der Waals surface area contributed by atoms with E-state index in [9.17, 15) is 4.79 Å². The summed E-state index contributed by atoms with van der Waals surface area (Å²) in [4.78, 5) is 25.8. The predicted molar refractivity (Wildman–Crippen MR) is 96.0 cm³/mol. The van der Waals surface area contributed by atoms with Gasteiger partial charge in [-0.05, 0) is 44.4 Å². The highest BCUT2D eigenvalue weighted by atomic mass is 16.2. The Morgan fingerprint density at radius 2 is 2.23 bits per heavy atom. The van der Waals surface area contributed by atoms with Gasteiger partial charge in [-0.3, -0.25) is 14.5 Å². The first kappa shape index (κ1) is 16.4. The second-order valence-electron chi connectivity index (χ2n) is 6.48. The van der Waals surface area contributed by atoms with Crippen molar-refractivity contribution in [1.29, 1.82) is 0 Å². The Bertz CT molecular complexity index is 921. The molecule has 1 aliphatic carbocycles. The number of amides is 1. The summed E-state index contributed by atoms with van der Waals surface area (Å²) in [6.45, 7) is 2.12. The average molecular weight is 348 g/mol. The molecule has 26 heavy (non-hydrogen) atoms. The van der Waals surface area contributed by atoms with Gasteiger partial charge >= 0.3 is 0 Å². The Hall–Kier alpha value is -3.09. The molecule has 0 fully saturated rings. The first-order valence-corrected chi connectivity index (χ1v) is 8.76. The van der Waals surface area contributed by atoms with Gasteiger partial charge in [-0.15, -0.1) is 0 Å². The van der Waals surface area contributed by atoms with Gasteiger partial charge in [-0.25, -0.2) is 9.97 Å². The van der Waals surface area contributed by atoms with E-state index in [1.807, 2.05) is 43.6 Å². The molecule has 7 nitrogen and oxygen atoms in total. The topological polar surface area (TPSA) is 85.6 Å². The van der Waals surface area contributed by atoms with Crippen LogP contribution in [0.1, 0.15) is 35.8 Å². The predicted octanol–water partition coefficient (Wildman–Crippen LogP) is 2.24. The van der Waals surface area contributed by atoms with Crippen molar-refractivity contribution in [3.63, 3.8) is 0 Å². The fraction of sp³-hybridized carbons (Fsp3) is 0.316. The Labute approximate surface area is 151 Å². The summed E-state index contributed by atoms with van der Waals surface area (Å²) in [5.74, 6) is 0.572. The summed E-state index contributed by atoms with van der Waals surface area (Å²) in [7, 11) is 0. The first-order chi connectivity index (χ1) is 12.7. The summed E-state index contributed by atoms with van der Waals surface area (Å²) >= 11 is 0. The van der Waals surface area contributed by atoms with E-state index < -0.39 is 0 Å². The number of aromatic nitrogens is 5. The normalized spacial score (nSPS) is 16.1. The van der Waals surface area contributed by atoms with Crippen LogP contribution < -0.4 is 5.32 Å². The van der Waals surface area contributed by atoms with E-state index in [2.05, 4.69) is 25.4 Å². The van der Waals surface area contributed by atoms with Crippen LogP contribution >= 0.6 is 0 Å². The van der Waals surface area contributed by atoms with Gasteiger partial charge in [0.2, 0.25) is 5.91 Å². The van der Waals surface area contributed by atoms with Crippen molar-refractivity contribution in [3.05, 3.63) is 59.8 Å². The molecule has 0 radical (unpaired) electrons. The minimum atomic E-state index is -0.0558. The number of carbonyl (C=O) groups is 1. The lowest BCUT2D eigenvalue weighted by Gasteiger charge is -2.25. The number of pyridine rings is 1.